The van der Waals surface area contributed by atoms with Gasteiger partial charge in [-0.15, -0.1) is 0 Å². The molecule has 1 aliphatic heterocycles. The largest absolute Gasteiger partial charge is 0.459 e. The Morgan fingerprint density at radius 3 is 3.00 bits per heavy atom. The van der Waals surface area contributed by atoms with Crippen LogP contribution in [0.1, 0.15) is 29.0 Å². The number of hydrogen-bond donors (Lipinski definition) is 1. The molecular weight excluding hydrogens is 204 g/mol. The zero-order chi connectivity index (χ0) is 11.5. The van der Waals surface area contributed by atoms with Crippen LogP contribution in [0, 0.1) is 6.92 Å². The predicted molar refractivity (Wildman–Crippen MR) is 61.4 cm³/mol. The number of rotatable bonds is 2. The number of nitrogens with one attached hydrogen (secondary N) is 1. The molecule has 2 rings (SSSR count). The van der Waals surface area contributed by atoms with E-state index in [0.29, 0.717) is 5.76 Å². The molecule has 1 atom stereocenters. The van der Waals surface area contributed by atoms with Crippen LogP contribution in [0.2, 0.25) is 0 Å². The summed E-state index contributed by atoms with van der Waals surface area (Å²) in [5.41, 5.74) is 0.903. The summed E-state index contributed by atoms with van der Waals surface area (Å²) in [4.78, 5) is 13.9. The first kappa shape index (κ1) is 11.2. The Bertz CT molecular complexity index is 367. The van der Waals surface area contributed by atoms with E-state index in [0.717, 1.165) is 31.5 Å². The zero-order valence-corrected chi connectivity index (χ0v) is 9.82. The molecule has 16 heavy (non-hydrogen) atoms. The number of carbonyl (C=O) groups is 1. The molecule has 4 heteroatoms. The van der Waals surface area contributed by atoms with Gasteiger partial charge >= 0.3 is 0 Å². The molecule has 1 aliphatic rings. The smallest absolute Gasteiger partial charge is 0.289 e. The van der Waals surface area contributed by atoms with Crippen LogP contribution in [0.5, 0.6) is 0 Å². The predicted octanol–water partition coefficient (Wildman–Crippen LogP) is 1.41. The molecule has 0 saturated carbocycles. The summed E-state index contributed by atoms with van der Waals surface area (Å²) >= 11 is 0. The maximum atomic E-state index is 12.1. The first-order valence-corrected chi connectivity index (χ1v) is 5.72. The molecule has 1 unspecified atom stereocenters. The van der Waals surface area contributed by atoms with E-state index in [1.54, 1.807) is 11.2 Å². The number of piperidine rings is 1. The van der Waals surface area contributed by atoms with E-state index in [2.05, 4.69) is 5.32 Å². The second-order valence-corrected chi connectivity index (χ2v) is 4.35. The van der Waals surface area contributed by atoms with Crippen LogP contribution in [0.4, 0.5) is 0 Å². The van der Waals surface area contributed by atoms with Gasteiger partial charge in [-0.05, 0) is 32.4 Å². The SMILES string of the molecule is Cc1ccoc1C(=O)N(C)C1CCCNC1. The van der Waals surface area contributed by atoms with Gasteiger partial charge in [0, 0.05) is 25.2 Å². The van der Waals surface area contributed by atoms with Crippen molar-refractivity contribution in [2.45, 2.75) is 25.8 Å². The number of carbonyl (C=O) groups excluding carboxylic acids is 1. The number of amides is 1. The highest BCUT2D eigenvalue weighted by Gasteiger charge is 2.25. The lowest BCUT2D eigenvalue weighted by atomic mass is 10.1. The molecule has 1 aromatic rings. The maximum Gasteiger partial charge on any atom is 0.289 e. The summed E-state index contributed by atoms with van der Waals surface area (Å²) in [5, 5.41) is 3.31. The topological polar surface area (TPSA) is 45.5 Å². The molecule has 2 heterocycles. The van der Waals surface area contributed by atoms with Crippen LogP contribution in [-0.2, 0) is 0 Å². The van der Waals surface area contributed by atoms with E-state index in [-0.39, 0.29) is 11.9 Å². The molecule has 0 radical (unpaired) electrons. The molecule has 1 aromatic heterocycles. The third-order valence-electron chi connectivity index (χ3n) is 3.20. The summed E-state index contributed by atoms with van der Waals surface area (Å²) in [6.45, 7) is 3.82. The summed E-state index contributed by atoms with van der Waals surface area (Å²) in [7, 11) is 1.85. The van der Waals surface area contributed by atoms with E-state index in [4.69, 9.17) is 4.42 Å². The van der Waals surface area contributed by atoms with E-state index in [1.807, 2.05) is 20.0 Å². The molecule has 0 bridgehead atoms. The molecule has 0 aromatic carbocycles. The number of nitrogens with zero attached hydrogens (tertiary/aromatic N) is 1. The molecule has 1 N–H and O–H groups in total. The van der Waals surface area contributed by atoms with Crippen molar-refractivity contribution in [1.82, 2.24) is 10.2 Å². The van der Waals surface area contributed by atoms with Crippen molar-refractivity contribution in [2.75, 3.05) is 20.1 Å². The lowest BCUT2D eigenvalue weighted by Crippen LogP contribution is -2.46. The fourth-order valence-electron chi connectivity index (χ4n) is 2.08. The average molecular weight is 222 g/mol. The van der Waals surface area contributed by atoms with Crippen molar-refractivity contribution in [3.05, 3.63) is 23.7 Å². The normalized spacial score (nSPS) is 20.8. The van der Waals surface area contributed by atoms with Crippen LogP contribution in [-0.4, -0.2) is 37.0 Å². The third-order valence-corrected chi connectivity index (χ3v) is 3.20. The average Bonchev–Trinajstić information content (AvgIpc) is 2.75. The molecule has 1 fully saturated rings. The number of hydrogen-bond acceptors (Lipinski definition) is 3. The number of furan rings is 1. The Morgan fingerprint density at radius 1 is 1.62 bits per heavy atom. The first-order valence-electron chi connectivity index (χ1n) is 5.72. The van der Waals surface area contributed by atoms with Crippen LogP contribution in [0.3, 0.4) is 0 Å². The maximum absolute atomic E-state index is 12.1. The van der Waals surface area contributed by atoms with Gasteiger partial charge in [0.1, 0.15) is 0 Å². The molecule has 1 saturated heterocycles. The fourth-order valence-corrected chi connectivity index (χ4v) is 2.08. The highest BCUT2D eigenvalue weighted by atomic mass is 16.3. The van der Waals surface area contributed by atoms with Crippen LogP contribution >= 0.6 is 0 Å². The minimum Gasteiger partial charge on any atom is -0.459 e. The molecule has 0 spiro atoms. The fraction of sp³-hybridized carbons (Fsp3) is 0.583. The molecule has 88 valence electrons. The number of likely N-dealkylation sites (N-methyl/N-ethyl adjacent to an activating group) is 1. The Balaban J connectivity index is 2.06. The van der Waals surface area contributed by atoms with Gasteiger partial charge in [-0.25, -0.2) is 0 Å². The molecule has 1 amide bonds. The lowest BCUT2D eigenvalue weighted by molar-refractivity contribution is 0.0675. The summed E-state index contributed by atoms with van der Waals surface area (Å²) in [6, 6.07) is 2.10. The van der Waals surface area contributed by atoms with Gasteiger partial charge in [0.05, 0.1) is 6.26 Å². The summed E-state index contributed by atoms with van der Waals surface area (Å²) in [5.74, 6) is 0.448. The zero-order valence-electron chi connectivity index (χ0n) is 9.82. The second-order valence-electron chi connectivity index (χ2n) is 4.35. The second kappa shape index (κ2) is 4.70. The quantitative estimate of drug-likeness (QED) is 0.823. The van der Waals surface area contributed by atoms with Crippen molar-refractivity contribution >= 4 is 5.91 Å². The van der Waals surface area contributed by atoms with Gasteiger partial charge in [-0.3, -0.25) is 4.79 Å². The Morgan fingerprint density at radius 2 is 2.44 bits per heavy atom. The molecular formula is C12H18N2O2. The van der Waals surface area contributed by atoms with Gasteiger partial charge in [-0.2, -0.15) is 0 Å². The molecule has 4 nitrogen and oxygen atoms in total. The van der Waals surface area contributed by atoms with Crippen molar-refractivity contribution < 1.29 is 9.21 Å². The van der Waals surface area contributed by atoms with Crippen molar-refractivity contribution in [3.8, 4) is 0 Å². The van der Waals surface area contributed by atoms with Crippen LogP contribution < -0.4 is 5.32 Å². The first-order chi connectivity index (χ1) is 7.70. The van der Waals surface area contributed by atoms with Crippen LogP contribution in [0.25, 0.3) is 0 Å². The summed E-state index contributed by atoms with van der Waals surface area (Å²) < 4.78 is 5.23. The Hall–Kier alpha value is -1.29. The van der Waals surface area contributed by atoms with E-state index < -0.39 is 0 Å². The van der Waals surface area contributed by atoms with Crippen LogP contribution in [0.15, 0.2) is 16.7 Å². The van der Waals surface area contributed by atoms with Crippen molar-refractivity contribution in [2.24, 2.45) is 0 Å². The van der Waals surface area contributed by atoms with Gasteiger partial charge in [0.2, 0.25) is 0 Å². The van der Waals surface area contributed by atoms with Crippen molar-refractivity contribution in [1.29, 1.82) is 0 Å². The minimum atomic E-state index is -0.0174. The monoisotopic (exact) mass is 222 g/mol. The lowest BCUT2D eigenvalue weighted by Gasteiger charge is -2.31. The highest BCUT2D eigenvalue weighted by Crippen LogP contribution is 2.15. The van der Waals surface area contributed by atoms with E-state index in [9.17, 15) is 4.79 Å². The third kappa shape index (κ3) is 2.11. The highest BCUT2D eigenvalue weighted by molar-refractivity contribution is 5.92. The van der Waals surface area contributed by atoms with Gasteiger partial charge in [0.15, 0.2) is 5.76 Å². The Labute approximate surface area is 95.6 Å². The van der Waals surface area contributed by atoms with Gasteiger partial charge in [0.25, 0.3) is 5.91 Å². The number of aryl methyl sites for hydroxylation is 1. The standard InChI is InChI=1S/C12H18N2O2/c1-9-5-7-16-11(9)12(15)14(2)10-4-3-6-13-8-10/h5,7,10,13H,3-4,6,8H2,1-2H3. The van der Waals surface area contributed by atoms with Crippen molar-refractivity contribution in [3.63, 3.8) is 0 Å². The van der Waals surface area contributed by atoms with E-state index in [1.165, 1.54) is 0 Å². The minimum absolute atomic E-state index is 0.0174. The van der Waals surface area contributed by atoms with Gasteiger partial charge in [-0.1, -0.05) is 0 Å². The Kier molecular flexibility index (Phi) is 3.29. The van der Waals surface area contributed by atoms with Gasteiger partial charge < -0.3 is 14.6 Å². The molecule has 0 aliphatic carbocycles. The van der Waals surface area contributed by atoms with E-state index >= 15 is 0 Å². The summed E-state index contributed by atoms with van der Waals surface area (Å²) in [6.07, 6.45) is 3.75.